The van der Waals surface area contributed by atoms with Gasteiger partial charge in [-0.3, -0.25) is 0 Å². The van der Waals surface area contributed by atoms with Gasteiger partial charge in [0.05, 0.1) is 0 Å². The van der Waals surface area contributed by atoms with Crippen LogP contribution in [-0.4, -0.2) is 4.98 Å². The van der Waals surface area contributed by atoms with E-state index in [-0.39, 0.29) is 4.29 Å². The number of hydrogen-bond acceptors (Lipinski definition) is 0. The fraction of sp³-hybridized carbons (Fsp3) is 0.200. The zero-order valence-corrected chi connectivity index (χ0v) is 6.58. The van der Waals surface area contributed by atoms with E-state index in [9.17, 15) is 6.63 Å². The van der Waals surface area contributed by atoms with Gasteiger partial charge in [0.25, 0.3) is 0 Å². The minimum absolute atomic E-state index is 0.131. The van der Waals surface area contributed by atoms with Gasteiger partial charge in [-0.15, -0.1) is 0 Å². The summed E-state index contributed by atoms with van der Waals surface area (Å²) in [4.78, 5) is 2.50. The van der Waals surface area contributed by atoms with E-state index in [1.165, 1.54) is 12.3 Å². The van der Waals surface area contributed by atoms with Crippen molar-refractivity contribution in [3.05, 3.63) is 18.3 Å². The molecule has 1 nitrogen and oxygen atoms in total. The summed E-state index contributed by atoms with van der Waals surface area (Å²) in [7, 11) is 0. The molecule has 9 heavy (non-hydrogen) atoms. The maximum absolute atomic E-state index is 12.4. The summed E-state index contributed by atoms with van der Waals surface area (Å²) in [6, 6.07) is 3.03. The molecular weight excluding hydrogens is 213 g/mol. The quantitative estimate of drug-likeness (QED) is 0.692. The van der Waals surface area contributed by atoms with Gasteiger partial charge in [0.2, 0.25) is 0 Å². The fourth-order valence-corrected chi connectivity index (χ4v) is 1.76. The van der Waals surface area contributed by atoms with Crippen molar-refractivity contribution >= 4 is 4.29 Å². The van der Waals surface area contributed by atoms with Crippen molar-refractivity contribution in [3.8, 4) is 0 Å². The molecule has 4 heteroatoms. The molecule has 0 radical (unpaired) electrons. The number of rotatable bonds is 1. The van der Waals surface area contributed by atoms with E-state index in [1.54, 1.807) is 6.07 Å². The van der Waals surface area contributed by atoms with E-state index in [0.29, 0.717) is 0 Å². The first-order valence-electron chi connectivity index (χ1n) is 2.29. The van der Waals surface area contributed by atoms with Gasteiger partial charge in [0, 0.05) is 0 Å². The second-order valence-electron chi connectivity index (χ2n) is 1.63. The monoisotopic (exact) mass is 221 g/mol. The van der Waals surface area contributed by atoms with Crippen LogP contribution in [0.2, 0.25) is 5.52 Å². The predicted octanol–water partition coefficient (Wildman–Crippen LogP) is 1.61. The molecule has 0 bridgehead atoms. The molecule has 1 aromatic rings. The van der Waals surface area contributed by atoms with Crippen molar-refractivity contribution < 1.29 is 22.4 Å². The van der Waals surface area contributed by atoms with Crippen molar-refractivity contribution in [1.29, 1.82) is 0 Å². The van der Waals surface area contributed by atoms with E-state index in [4.69, 9.17) is 0 Å². The van der Waals surface area contributed by atoms with Gasteiger partial charge in [0.1, 0.15) is 0 Å². The molecule has 0 unspecified atom stereocenters. The van der Waals surface area contributed by atoms with E-state index < -0.39 is 15.8 Å². The molecule has 1 N–H and O–H groups in total. The van der Waals surface area contributed by atoms with E-state index in [2.05, 4.69) is 4.98 Å². The topological polar surface area (TPSA) is 15.8 Å². The summed E-state index contributed by atoms with van der Waals surface area (Å²) in [6.45, 7) is 0. The minimum atomic E-state index is -4.33. The van der Waals surface area contributed by atoms with Crippen LogP contribution in [-0.2, 0) is 15.8 Å². The number of aromatic amines is 1. The Morgan fingerprint density at radius 2 is 2.22 bits per heavy atom. The molecule has 0 aromatic carbocycles. The molecule has 0 aliphatic heterocycles. The third kappa shape index (κ3) is 1.58. The first-order valence-corrected chi connectivity index (χ1v) is 6.21. The molecule has 0 atom stereocenters. The predicted molar refractivity (Wildman–Crippen MR) is 28.5 cm³/mol. The van der Waals surface area contributed by atoms with Crippen molar-refractivity contribution in [2.24, 2.45) is 0 Å². The first-order chi connectivity index (χ1) is 4.11. The van der Waals surface area contributed by atoms with Crippen LogP contribution in [0.4, 0.5) is 6.63 Å². The van der Waals surface area contributed by atoms with Crippen molar-refractivity contribution in [1.82, 2.24) is 4.98 Å². The van der Waals surface area contributed by atoms with Gasteiger partial charge >= 0.3 is 55.5 Å². The summed E-state index contributed by atoms with van der Waals surface area (Å²) in [5.41, 5.74) is 1.03. The van der Waals surface area contributed by atoms with Crippen LogP contribution in [0.1, 0.15) is 0 Å². The Bertz CT molecular complexity index is 177. The Hall–Kier alpha value is -0.237. The van der Waals surface area contributed by atoms with Crippen LogP contribution in [0.25, 0.3) is 0 Å². The second kappa shape index (κ2) is 2.18. The molecule has 0 spiro atoms. The van der Waals surface area contributed by atoms with Crippen molar-refractivity contribution in [2.45, 2.75) is 5.52 Å². The van der Waals surface area contributed by atoms with Crippen LogP contribution < -0.4 is 4.29 Å². The SMILES string of the molecule is [CH3][Ru]([F])([F])[c]1ccc[nH]1. The zero-order valence-electron chi connectivity index (χ0n) is 4.84. The Balaban J connectivity index is 2.90. The number of aromatic nitrogens is 1. The van der Waals surface area contributed by atoms with Gasteiger partial charge in [0.15, 0.2) is 0 Å². The third-order valence-electron chi connectivity index (χ3n) is 0.887. The molecule has 0 saturated heterocycles. The Morgan fingerprint density at radius 1 is 1.56 bits per heavy atom. The maximum atomic E-state index is 12.4. The van der Waals surface area contributed by atoms with Gasteiger partial charge in [-0.1, -0.05) is 0 Å². The molecule has 54 valence electrons. The molecule has 1 heterocycles. The average molecular weight is 220 g/mol. The Kier molecular flexibility index (Phi) is 1.67. The fourth-order valence-electron chi connectivity index (χ4n) is 0.497. The van der Waals surface area contributed by atoms with Gasteiger partial charge < -0.3 is 0 Å². The first kappa shape index (κ1) is 6.88. The molecule has 1 rings (SSSR count). The van der Waals surface area contributed by atoms with Gasteiger partial charge in [-0.2, -0.15) is 0 Å². The van der Waals surface area contributed by atoms with Crippen molar-refractivity contribution in [3.63, 3.8) is 0 Å². The molecule has 0 amide bonds. The van der Waals surface area contributed by atoms with Gasteiger partial charge in [-0.25, -0.2) is 0 Å². The number of H-pyrrole nitrogens is 1. The van der Waals surface area contributed by atoms with E-state index in [0.717, 1.165) is 5.52 Å². The zero-order chi connectivity index (χ0) is 6.91. The summed E-state index contributed by atoms with van der Waals surface area (Å²) in [6.07, 6.45) is 1.52. The van der Waals surface area contributed by atoms with Crippen LogP contribution in [0.3, 0.4) is 0 Å². The van der Waals surface area contributed by atoms with E-state index in [1.807, 2.05) is 0 Å². The molecule has 1 aromatic heterocycles. The Morgan fingerprint density at radius 3 is 2.44 bits per heavy atom. The second-order valence-corrected chi connectivity index (χ2v) is 5.66. The summed E-state index contributed by atoms with van der Waals surface area (Å²) in [5.74, 6) is 0. The normalized spacial score (nSPS) is 13.7. The Labute approximate surface area is 56.1 Å². The summed E-state index contributed by atoms with van der Waals surface area (Å²) < 4.78 is 25.0. The summed E-state index contributed by atoms with van der Waals surface area (Å²) >= 11 is -4.33. The molecule has 0 aliphatic rings. The average Bonchev–Trinajstić information content (AvgIpc) is 2.08. The molecular formula is C5H7F2NRu. The molecule has 0 aliphatic carbocycles. The molecule has 0 saturated carbocycles. The van der Waals surface area contributed by atoms with Crippen LogP contribution in [0, 0.1) is 0 Å². The third-order valence-corrected chi connectivity index (χ3v) is 3.07. The van der Waals surface area contributed by atoms with Crippen LogP contribution in [0.5, 0.6) is 0 Å². The van der Waals surface area contributed by atoms with Crippen LogP contribution >= 0.6 is 0 Å². The van der Waals surface area contributed by atoms with Crippen LogP contribution in [0.15, 0.2) is 18.3 Å². The number of halogens is 2. The standard InChI is InChI=1S/C4H4N.CH3.2FH.Ru/c1-2-4-5-3-1;;;;/h1-3,5H;1H3;2*1H;/q;;;;+2/p-2. The van der Waals surface area contributed by atoms with Crippen molar-refractivity contribution in [2.75, 3.05) is 0 Å². The van der Waals surface area contributed by atoms with E-state index >= 15 is 0 Å². The number of hydrogen-bond donors (Lipinski definition) is 1. The summed E-state index contributed by atoms with van der Waals surface area (Å²) in [5, 5.41) is 0. The number of nitrogens with one attached hydrogen (secondary N) is 1. The van der Waals surface area contributed by atoms with Gasteiger partial charge in [-0.05, 0) is 0 Å². The molecule has 0 fully saturated rings.